The highest BCUT2D eigenvalue weighted by molar-refractivity contribution is 5.94. The molecule has 0 bridgehead atoms. The SMILES string of the molecule is NCC1(NC(=O)c2cnn(Cc3ccccc3)c2)CCCC1. The summed E-state index contributed by atoms with van der Waals surface area (Å²) in [7, 11) is 0. The van der Waals surface area contributed by atoms with Crippen molar-refractivity contribution in [3.8, 4) is 0 Å². The standard InChI is InChI=1S/C17H22N4O/c18-13-17(8-4-5-9-17)20-16(22)15-10-19-21(12-15)11-14-6-2-1-3-7-14/h1-3,6-7,10,12H,4-5,8-9,11,13,18H2,(H,20,22). The number of benzene rings is 1. The molecule has 5 heteroatoms. The summed E-state index contributed by atoms with van der Waals surface area (Å²) in [5, 5.41) is 7.40. The van der Waals surface area contributed by atoms with Gasteiger partial charge >= 0.3 is 0 Å². The highest BCUT2D eigenvalue weighted by Crippen LogP contribution is 2.28. The monoisotopic (exact) mass is 298 g/mol. The summed E-state index contributed by atoms with van der Waals surface area (Å²) >= 11 is 0. The molecule has 2 aromatic rings. The second-order valence-corrected chi connectivity index (χ2v) is 6.06. The van der Waals surface area contributed by atoms with Crippen LogP contribution in [0.15, 0.2) is 42.7 Å². The van der Waals surface area contributed by atoms with Gasteiger partial charge in [0, 0.05) is 12.7 Å². The van der Waals surface area contributed by atoms with Crippen LogP contribution in [0.4, 0.5) is 0 Å². The molecule has 0 unspecified atom stereocenters. The van der Waals surface area contributed by atoms with Gasteiger partial charge in [-0.15, -0.1) is 0 Å². The van der Waals surface area contributed by atoms with Gasteiger partial charge in [-0.2, -0.15) is 5.10 Å². The van der Waals surface area contributed by atoms with Crippen LogP contribution in [0.25, 0.3) is 0 Å². The molecule has 1 fully saturated rings. The highest BCUT2D eigenvalue weighted by Gasteiger charge is 2.34. The Morgan fingerprint density at radius 2 is 2.00 bits per heavy atom. The lowest BCUT2D eigenvalue weighted by Crippen LogP contribution is -2.51. The number of hydrogen-bond donors (Lipinski definition) is 2. The van der Waals surface area contributed by atoms with Gasteiger partial charge in [0.2, 0.25) is 0 Å². The molecule has 0 radical (unpaired) electrons. The fourth-order valence-electron chi connectivity index (χ4n) is 3.08. The van der Waals surface area contributed by atoms with E-state index in [1.54, 1.807) is 17.1 Å². The van der Waals surface area contributed by atoms with Crippen LogP contribution in [0.3, 0.4) is 0 Å². The quantitative estimate of drug-likeness (QED) is 0.886. The molecule has 1 aliphatic rings. The van der Waals surface area contributed by atoms with Crippen molar-refractivity contribution >= 4 is 5.91 Å². The summed E-state index contributed by atoms with van der Waals surface area (Å²) in [6.07, 6.45) is 7.61. The number of nitrogens with one attached hydrogen (secondary N) is 1. The van der Waals surface area contributed by atoms with E-state index in [2.05, 4.69) is 10.4 Å². The van der Waals surface area contributed by atoms with E-state index >= 15 is 0 Å². The molecule has 1 amide bonds. The second-order valence-electron chi connectivity index (χ2n) is 6.06. The van der Waals surface area contributed by atoms with Crippen molar-refractivity contribution < 1.29 is 4.79 Å². The number of carbonyl (C=O) groups is 1. The van der Waals surface area contributed by atoms with Gasteiger partial charge in [0.15, 0.2) is 0 Å². The fourth-order valence-corrected chi connectivity index (χ4v) is 3.08. The van der Waals surface area contributed by atoms with Crippen LogP contribution < -0.4 is 11.1 Å². The minimum atomic E-state index is -0.224. The van der Waals surface area contributed by atoms with E-state index in [4.69, 9.17) is 5.73 Å². The minimum Gasteiger partial charge on any atom is -0.345 e. The van der Waals surface area contributed by atoms with Crippen LogP contribution in [0, 0.1) is 0 Å². The van der Waals surface area contributed by atoms with E-state index in [0.717, 1.165) is 31.2 Å². The van der Waals surface area contributed by atoms with Crippen molar-refractivity contribution in [1.29, 1.82) is 0 Å². The van der Waals surface area contributed by atoms with Gasteiger partial charge in [-0.1, -0.05) is 43.2 Å². The Morgan fingerprint density at radius 1 is 1.27 bits per heavy atom. The second kappa shape index (κ2) is 6.32. The lowest BCUT2D eigenvalue weighted by molar-refractivity contribution is 0.0903. The molecule has 1 saturated carbocycles. The average Bonchev–Trinajstić information content (AvgIpc) is 3.18. The number of nitrogens with two attached hydrogens (primary N) is 1. The number of amides is 1. The predicted molar refractivity (Wildman–Crippen MR) is 85.5 cm³/mol. The fraction of sp³-hybridized carbons (Fsp3) is 0.412. The molecule has 1 aromatic carbocycles. The van der Waals surface area contributed by atoms with Crippen LogP contribution in [-0.4, -0.2) is 27.8 Å². The number of hydrogen-bond acceptors (Lipinski definition) is 3. The zero-order chi connectivity index (χ0) is 15.4. The maximum atomic E-state index is 12.4. The summed E-state index contributed by atoms with van der Waals surface area (Å²) < 4.78 is 1.79. The Morgan fingerprint density at radius 3 is 2.68 bits per heavy atom. The molecular formula is C17H22N4O. The molecule has 116 valence electrons. The average molecular weight is 298 g/mol. The Labute approximate surface area is 130 Å². The first-order valence-electron chi connectivity index (χ1n) is 7.80. The third kappa shape index (κ3) is 3.20. The third-order valence-corrected chi connectivity index (χ3v) is 4.41. The van der Waals surface area contributed by atoms with E-state index in [-0.39, 0.29) is 11.4 Å². The smallest absolute Gasteiger partial charge is 0.254 e. The molecule has 3 rings (SSSR count). The summed E-state index contributed by atoms with van der Waals surface area (Å²) in [6, 6.07) is 10.1. The number of nitrogens with zero attached hydrogens (tertiary/aromatic N) is 2. The van der Waals surface area contributed by atoms with Crippen molar-refractivity contribution in [3.63, 3.8) is 0 Å². The molecule has 0 spiro atoms. The normalized spacial score (nSPS) is 16.6. The van der Waals surface area contributed by atoms with Crippen LogP contribution in [-0.2, 0) is 6.54 Å². The largest absolute Gasteiger partial charge is 0.345 e. The zero-order valence-corrected chi connectivity index (χ0v) is 12.7. The number of rotatable bonds is 5. The molecule has 1 aromatic heterocycles. The Kier molecular flexibility index (Phi) is 4.24. The van der Waals surface area contributed by atoms with Crippen LogP contribution in [0.2, 0.25) is 0 Å². The van der Waals surface area contributed by atoms with Gasteiger partial charge in [-0.05, 0) is 18.4 Å². The molecule has 3 N–H and O–H groups in total. The van der Waals surface area contributed by atoms with Crippen LogP contribution >= 0.6 is 0 Å². The summed E-state index contributed by atoms with van der Waals surface area (Å²) in [5.41, 5.74) is 7.40. The molecule has 1 heterocycles. The summed E-state index contributed by atoms with van der Waals surface area (Å²) in [6.45, 7) is 1.16. The third-order valence-electron chi connectivity index (χ3n) is 4.41. The zero-order valence-electron chi connectivity index (χ0n) is 12.7. The maximum Gasteiger partial charge on any atom is 0.254 e. The van der Waals surface area contributed by atoms with E-state index < -0.39 is 0 Å². The first-order chi connectivity index (χ1) is 10.7. The molecular weight excluding hydrogens is 276 g/mol. The van der Waals surface area contributed by atoms with Crippen LogP contribution in [0.1, 0.15) is 41.6 Å². The van der Waals surface area contributed by atoms with Gasteiger partial charge in [0.25, 0.3) is 5.91 Å². The Balaban J connectivity index is 1.66. The Bertz CT molecular complexity index is 629. The molecule has 0 atom stereocenters. The molecule has 0 aliphatic heterocycles. The summed E-state index contributed by atoms with van der Waals surface area (Å²) in [5.74, 6) is -0.0772. The molecule has 1 aliphatic carbocycles. The van der Waals surface area contributed by atoms with Crippen molar-refractivity contribution in [3.05, 3.63) is 53.9 Å². The number of aromatic nitrogens is 2. The molecule has 5 nitrogen and oxygen atoms in total. The predicted octanol–water partition coefficient (Wildman–Crippen LogP) is 1.93. The van der Waals surface area contributed by atoms with Gasteiger partial charge < -0.3 is 11.1 Å². The number of carbonyl (C=O) groups excluding carboxylic acids is 1. The topological polar surface area (TPSA) is 72.9 Å². The van der Waals surface area contributed by atoms with Crippen molar-refractivity contribution in [2.24, 2.45) is 5.73 Å². The minimum absolute atomic E-state index is 0.0772. The summed E-state index contributed by atoms with van der Waals surface area (Å²) in [4.78, 5) is 12.4. The van der Waals surface area contributed by atoms with Gasteiger partial charge in [0.05, 0.1) is 23.8 Å². The van der Waals surface area contributed by atoms with Gasteiger partial charge in [0.1, 0.15) is 0 Å². The van der Waals surface area contributed by atoms with Crippen molar-refractivity contribution in [2.45, 2.75) is 37.8 Å². The Hall–Kier alpha value is -2.14. The highest BCUT2D eigenvalue weighted by atomic mass is 16.1. The van der Waals surface area contributed by atoms with Gasteiger partial charge in [-0.3, -0.25) is 9.48 Å². The van der Waals surface area contributed by atoms with Gasteiger partial charge in [-0.25, -0.2) is 0 Å². The van der Waals surface area contributed by atoms with Crippen LogP contribution in [0.5, 0.6) is 0 Å². The van der Waals surface area contributed by atoms with E-state index in [1.165, 1.54) is 0 Å². The van der Waals surface area contributed by atoms with E-state index in [1.807, 2.05) is 30.3 Å². The lowest BCUT2D eigenvalue weighted by Gasteiger charge is -2.28. The first kappa shape index (κ1) is 14.8. The van der Waals surface area contributed by atoms with Crippen molar-refractivity contribution in [2.75, 3.05) is 6.54 Å². The maximum absolute atomic E-state index is 12.4. The molecule has 22 heavy (non-hydrogen) atoms. The van der Waals surface area contributed by atoms with E-state index in [0.29, 0.717) is 18.7 Å². The van der Waals surface area contributed by atoms with E-state index in [9.17, 15) is 4.79 Å². The lowest BCUT2D eigenvalue weighted by atomic mass is 9.97. The first-order valence-corrected chi connectivity index (χ1v) is 7.80. The molecule has 0 saturated heterocycles. The van der Waals surface area contributed by atoms with Crippen molar-refractivity contribution in [1.82, 2.24) is 15.1 Å².